The third kappa shape index (κ3) is 5.11. The van der Waals surface area contributed by atoms with Crippen molar-refractivity contribution in [1.29, 1.82) is 0 Å². The van der Waals surface area contributed by atoms with Crippen LogP contribution in [0.2, 0.25) is 0 Å². The van der Waals surface area contributed by atoms with Crippen molar-refractivity contribution in [1.82, 2.24) is 5.32 Å². The Hall–Kier alpha value is -0.510. The van der Waals surface area contributed by atoms with Crippen LogP contribution in [0.4, 0.5) is 0 Å². The summed E-state index contributed by atoms with van der Waals surface area (Å²) in [6.45, 7) is 9.07. The van der Waals surface area contributed by atoms with Crippen molar-refractivity contribution in [2.75, 3.05) is 0 Å². The van der Waals surface area contributed by atoms with E-state index in [0.29, 0.717) is 6.04 Å². The summed E-state index contributed by atoms with van der Waals surface area (Å²) in [5, 5.41) is 13.2. The van der Waals surface area contributed by atoms with Crippen LogP contribution in [0.15, 0.2) is 29.2 Å². The van der Waals surface area contributed by atoms with Gasteiger partial charge < -0.3 is 10.4 Å². The summed E-state index contributed by atoms with van der Waals surface area (Å²) in [6, 6.07) is 8.87. The van der Waals surface area contributed by atoms with Crippen LogP contribution in [0.25, 0.3) is 0 Å². The minimum atomic E-state index is -0.286. The SMILES string of the molecule is CC(C)NCc1ccccc1SC(C)C(C)O. The first kappa shape index (κ1) is 14.6. The summed E-state index contributed by atoms with van der Waals surface area (Å²) in [5.74, 6) is 0. The number of benzene rings is 1. The fourth-order valence-corrected chi connectivity index (χ4v) is 2.42. The third-order valence-corrected chi connectivity index (χ3v) is 4.08. The van der Waals surface area contributed by atoms with Gasteiger partial charge in [-0.05, 0) is 18.6 Å². The fraction of sp³-hybridized carbons (Fsp3) is 0.571. The van der Waals surface area contributed by atoms with E-state index < -0.39 is 0 Å². The number of thioether (sulfide) groups is 1. The molecular formula is C14H23NOS. The van der Waals surface area contributed by atoms with E-state index in [-0.39, 0.29) is 11.4 Å². The van der Waals surface area contributed by atoms with E-state index in [2.05, 4.69) is 50.4 Å². The Balaban J connectivity index is 2.70. The van der Waals surface area contributed by atoms with Gasteiger partial charge in [0.25, 0.3) is 0 Å². The average Bonchev–Trinajstić information content (AvgIpc) is 2.27. The van der Waals surface area contributed by atoms with E-state index in [1.54, 1.807) is 11.8 Å². The number of aliphatic hydroxyl groups is 1. The summed E-state index contributed by atoms with van der Waals surface area (Å²) in [6.07, 6.45) is -0.286. The molecule has 17 heavy (non-hydrogen) atoms. The second-order valence-corrected chi connectivity index (χ2v) is 6.13. The van der Waals surface area contributed by atoms with Gasteiger partial charge in [-0.2, -0.15) is 0 Å². The molecule has 1 aromatic carbocycles. The monoisotopic (exact) mass is 253 g/mol. The second kappa shape index (κ2) is 7.04. The van der Waals surface area contributed by atoms with Gasteiger partial charge in [-0.25, -0.2) is 0 Å². The molecule has 2 atom stereocenters. The number of rotatable bonds is 6. The number of hydrogen-bond acceptors (Lipinski definition) is 3. The van der Waals surface area contributed by atoms with E-state index in [9.17, 15) is 5.11 Å². The molecule has 0 aliphatic rings. The van der Waals surface area contributed by atoms with Gasteiger partial charge in [0, 0.05) is 22.7 Å². The molecule has 1 rings (SSSR count). The molecule has 2 nitrogen and oxygen atoms in total. The van der Waals surface area contributed by atoms with Crippen LogP contribution >= 0.6 is 11.8 Å². The quantitative estimate of drug-likeness (QED) is 0.764. The molecule has 1 aromatic rings. The first-order valence-corrected chi connectivity index (χ1v) is 7.04. The van der Waals surface area contributed by atoms with Crippen LogP contribution in [0.5, 0.6) is 0 Å². The highest BCUT2D eigenvalue weighted by Gasteiger charge is 2.12. The fourth-order valence-electron chi connectivity index (χ4n) is 1.38. The van der Waals surface area contributed by atoms with Crippen molar-refractivity contribution >= 4 is 11.8 Å². The Bertz CT molecular complexity index is 339. The lowest BCUT2D eigenvalue weighted by molar-refractivity contribution is 0.196. The van der Waals surface area contributed by atoms with Gasteiger partial charge in [0.1, 0.15) is 0 Å². The van der Waals surface area contributed by atoms with Gasteiger partial charge in [-0.15, -0.1) is 11.8 Å². The lowest BCUT2D eigenvalue weighted by Gasteiger charge is -2.17. The predicted molar refractivity (Wildman–Crippen MR) is 75.4 cm³/mol. The van der Waals surface area contributed by atoms with E-state index in [4.69, 9.17) is 0 Å². The van der Waals surface area contributed by atoms with Crippen LogP contribution < -0.4 is 5.32 Å². The van der Waals surface area contributed by atoms with Gasteiger partial charge in [0.2, 0.25) is 0 Å². The number of aliphatic hydroxyl groups excluding tert-OH is 1. The predicted octanol–water partition coefficient (Wildman–Crippen LogP) is 3.05. The Morgan fingerprint density at radius 2 is 1.82 bits per heavy atom. The smallest absolute Gasteiger partial charge is 0.0631 e. The molecule has 96 valence electrons. The topological polar surface area (TPSA) is 32.3 Å². The Morgan fingerprint density at radius 3 is 2.41 bits per heavy atom. The molecule has 0 aromatic heterocycles. The van der Waals surface area contributed by atoms with E-state index in [1.165, 1.54) is 10.5 Å². The summed E-state index contributed by atoms with van der Waals surface area (Å²) >= 11 is 1.74. The highest BCUT2D eigenvalue weighted by molar-refractivity contribution is 8.00. The van der Waals surface area contributed by atoms with Gasteiger partial charge in [0.05, 0.1) is 6.10 Å². The van der Waals surface area contributed by atoms with Crippen molar-refractivity contribution in [2.24, 2.45) is 0 Å². The van der Waals surface area contributed by atoms with Crippen LogP contribution in [0.3, 0.4) is 0 Å². The Morgan fingerprint density at radius 1 is 1.18 bits per heavy atom. The maximum atomic E-state index is 9.55. The maximum Gasteiger partial charge on any atom is 0.0631 e. The molecule has 0 bridgehead atoms. The summed E-state index contributed by atoms with van der Waals surface area (Å²) in [7, 11) is 0. The van der Waals surface area contributed by atoms with Gasteiger partial charge in [-0.3, -0.25) is 0 Å². The maximum absolute atomic E-state index is 9.55. The van der Waals surface area contributed by atoms with Crippen LogP contribution in [-0.2, 0) is 6.54 Å². The zero-order chi connectivity index (χ0) is 12.8. The molecule has 3 heteroatoms. The molecule has 2 N–H and O–H groups in total. The zero-order valence-electron chi connectivity index (χ0n) is 11.1. The molecule has 0 heterocycles. The van der Waals surface area contributed by atoms with Crippen LogP contribution in [0, 0.1) is 0 Å². The minimum absolute atomic E-state index is 0.218. The lowest BCUT2D eigenvalue weighted by Crippen LogP contribution is -2.22. The summed E-state index contributed by atoms with van der Waals surface area (Å²) < 4.78 is 0. The van der Waals surface area contributed by atoms with Gasteiger partial charge in [0.15, 0.2) is 0 Å². The highest BCUT2D eigenvalue weighted by Crippen LogP contribution is 2.28. The highest BCUT2D eigenvalue weighted by atomic mass is 32.2. The molecule has 0 aliphatic carbocycles. The number of hydrogen-bond donors (Lipinski definition) is 2. The molecule has 2 unspecified atom stereocenters. The molecule has 0 amide bonds. The first-order chi connectivity index (χ1) is 8.00. The summed E-state index contributed by atoms with van der Waals surface area (Å²) in [4.78, 5) is 1.26. The Labute approximate surface area is 109 Å². The second-order valence-electron chi connectivity index (χ2n) is 4.71. The van der Waals surface area contributed by atoms with Crippen molar-refractivity contribution in [2.45, 2.75) is 56.5 Å². The van der Waals surface area contributed by atoms with Crippen molar-refractivity contribution in [3.8, 4) is 0 Å². The van der Waals surface area contributed by atoms with Gasteiger partial charge >= 0.3 is 0 Å². The van der Waals surface area contributed by atoms with Gasteiger partial charge in [-0.1, -0.05) is 39.0 Å². The molecule has 0 saturated carbocycles. The molecule has 0 spiro atoms. The van der Waals surface area contributed by atoms with Crippen LogP contribution in [0.1, 0.15) is 33.3 Å². The molecule has 0 radical (unpaired) electrons. The summed E-state index contributed by atoms with van der Waals surface area (Å²) in [5.41, 5.74) is 1.30. The number of nitrogens with one attached hydrogen (secondary N) is 1. The largest absolute Gasteiger partial charge is 0.392 e. The Kier molecular flexibility index (Phi) is 6.03. The molecule has 0 aliphatic heterocycles. The lowest BCUT2D eigenvalue weighted by atomic mass is 10.2. The van der Waals surface area contributed by atoms with E-state index in [0.717, 1.165) is 6.54 Å². The average molecular weight is 253 g/mol. The minimum Gasteiger partial charge on any atom is -0.392 e. The third-order valence-electron chi connectivity index (χ3n) is 2.67. The molecule has 0 fully saturated rings. The first-order valence-electron chi connectivity index (χ1n) is 6.16. The molecule has 0 saturated heterocycles. The van der Waals surface area contributed by atoms with E-state index >= 15 is 0 Å². The molecular weight excluding hydrogens is 230 g/mol. The van der Waals surface area contributed by atoms with Crippen molar-refractivity contribution in [3.63, 3.8) is 0 Å². The van der Waals surface area contributed by atoms with Crippen LogP contribution in [-0.4, -0.2) is 22.5 Å². The normalized spacial score (nSPS) is 14.9. The zero-order valence-corrected chi connectivity index (χ0v) is 11.9. The van der Waals surface area contributed by atoms with E-state index in [1.807, 2.05) is 6.92 Å². The van der Waals surface area contributed by atoms with Crippen molar-refractivity contribution < 1.29 is 5.11 Å². The van der Waals surface area contributed by atoms with Crippen molar-refractivity contribution in [3.05, 3.63) is 29.8 Å². The standard InChI is InChI=1S/C14H23NOS/c1-10(2)15-9-13-7-5-6-8-14(13)17-12(4)11(3)16/h5-8,10-12,15-16H,9H2,1-4H3.